The molecule has 8 heteroatoms. The van der Waals surface area contributed by atoms with Gasteiger partial charge in [0.1, 0.15) is 12.9 Å². The summed E-state index contributed by atoms with van der Waals surface area (Å²) in [6.07, 6.45) is 1.40. The average Bonchev–Trinajstić information content (AvgIpc) is 2.96. The van der Waals surface area contributed by atoms with Crippen molar-refractivity contribution in [2.45, 2.75) is 13.5 Å². The van der Waals surface area contributed by atoms with Gasteiger partial charge in [-0.15, -0.1) is 16.4 Å². The van der Waals surface area contributed by atoms with E-state index in [1.165, 1.54) is 11.0 Å². The number of thiazole rings is 1. The molecule has 0 aliphatic rings. The zero-order chi connectivity index (χ0) is 13.2. The number of amides is 1. The zero-order valence-electron chi connectivity index (χ0n) is 10.1. The Morgan fingerprint density at radius 2 is 2.37 bits per heavy atom. The van der Waals surface area contributed by atoms with E-state index in [0.717, 1.165) is 20.9 Å². The smallest absolute Gasteiger partial charge is 0.246 e. The van der Waals surface area contributed by atoms with E-state index >= 15 is 0 Å². The molecule has 0 saturated carbocycles. The highest BCUT2D eigenvalue weighted by molar-refractivity contribution is 7.18. The van der Waals surface area contributed by atoms with E-state index < -0.39 is 0 Å². The van der Waals surface area contributed by atoms with Gasteiger partial charge in [0.2, 0.25) is 5.91 Å². The Morgan fingerprint density at radius 3 is 3.16 bits per heavy atom. The maximum absolute atomic E-state index is 11.8. The van der Waals surface area contributed by atoms with Crippen LogP contribution >= 0.6 is 11.3 Å². The molecule has 0 fully saturated rings. The van der Waals surface area contributed by atoms with E-state index in [0.29, 0.717) is 0 Å². The lowest BCUT2D eigenvalue weighted by molar-refractivity contribution is -0.116. The number of anilines is 1. The number of aromatic nitrogens is 5. The predicted molar refractivity (Wildman–Crippen MR) is 70.8 cm³/mol. The fraction of sp³-hybridized carbons (Fsp3) is 0.182. The van der Waals surface area contributed by atoms with Gasteiger partial charge in [-0.3, -0.25) is 4.79 Å². The van der Waals surface area contributed by atoms with Gasteiger partial charge in [-0.1, -0.05) is 0 Å². The van der Waals surface area contributed by atoms with Gasteiger partial charge >= 0.3 is 0 Å². The minimum Gasteiger partial charge on any atom is -0.324 e. The number of aryl methyl sites for hydroxylation is 1. The van der Waals surface area contributed by atoms with Crippen LogP contribution < -0.4 is 5.32 Å². The highest BCUT2D eigenvalue weighted by Gasteiger charge is 2.06. The van der Waals surface area contributed by atoms with Crippen LogP contribution in [0.25, 0.3) is 10.2 Å². The third-order valence-electron chi connectivity index (χ3n) is 2.48. The van der Waals surface area contributed by atoms with E-state index in [4.69, 9.17) is 0 Å². The highest BCUT2D eigenvalue weighted by Crippen LogP contribution is 2.24. The molecule has 19 heavy (non-hydrogen) atoms. The lowest BCUT2D eigenvalue weighted by Crippen LogP contribution is -2.19. The van der Waals surface area contributed by atoms with E-state index in [9.17, 15) is 4.79 Å². The van der Waals surface area contributed by atoms with Crippen molar-refractivity contribution in [1.82, 2.24) is 25.2 Å². The molecule has 2 aromatic heterocycles. The molecule has 7 nitrogen and oxygen atoms in total. The Kier molecular flexibility index (Phi) is 2.92. The summed E-state index contributed by atoms with van der Waals surface area (Å²) < 4.78 is 2.42. The number of tetrazole rings is 1. The minimum atomic E-state index is -0.173. The topological polar surface area (TPSA) is 85.6 Å². The standard InChI is InChI=1S/C11H10N6OS/c1-7-13-9-3-2-8(4-10(9)19-7)14-11(18)5-17-6-12-15-16-17/h2-4,6H,5H2,1H3,(H,14,18). The van der Waals surface area contributed by atoms with Gasteiger partial charge in [-0.25, -0.2) is 9.67 Å². The molecule has 0 spiro atoms. The SMILES string of the molecule is Cc1nc2ccc(NC(=O)Cn3cnnn3)cc2s1. The van der Waals surface area contributed by atoms with Crippen molar-refractivity contribution in [3.05, 3.63) is 29.5 Å². The van der Waals surface area contributed by atoms with Crippen LogP contribution in [0.2, 0.25) is 0 Å². The maximum Gasteiger partial charge on any atom is 0.246 e. The van der Waals surface area contributed by atoms with Crippen LogP contribution in [0.5, 0.6) is 0 Å². The number of fused-ring (bicyclic) bond motifs is 1. The Bertz CT molecular complexity index is 720. The summed E-state index contributed by atoms with van der Waals surface area (Å²) in [5, 5.41) is 14.4. The van der Waals surface area contributed by atoms with Crippen LogP contribution in [-0.4, -0.2) is 31.1 Å². The van der Waals surface area contributed by atoms with Crippen molar-refractivity contribution in [2.75, 3.05) is 5.32 Å². The molecule has 0 atom stereocenters. The highest BCUT2D eigenvalue weighted by atomic mass is 32.1. The van der Waals surface area contributed by atoms with Gasteiger partial charge in [-0.05, 0) is 35.5 Å². The molecule has 0 aliphatic carbocycles. The van der Waals surface area contributed by atoms with E-state index in [-0.39, 0.29) is 12.5 Å². The normalized spacial score (nSPS) is 10.8. The monoisotopic (exact) mass is 274 g/mol. The summed E-state index contributed by atoms with van der Waals surface area (Å²) in [6, 6.07) is 5.64. The maximum atomic E-state index is 11.8. The number of carbonyl (C=O) groups excluding carboxylic acids is 1. The molecule has 0 saturated heterocycles. The number of carbonyl (C=O) groups is 1. The van der Waals surface area contributed by atoms with Gasteiger partial charge in [-0.2, -0.15) is 0 Å². The lowest BCUT2D eigenvalue weighted by atomic mass is 10.3. The molecular weight excluding hydrogens is 264 g/mol. The number of nitrogens with one attached hydrogen (secondary N) is 1. The van der Waals surface area contributed by atoms with E-state index in [1.807, 2.05) is 25.1 Å². The number of hydrogen-bond donors (Lipinski definition) is 1. The summed E-state index contributed by atoms with van der Waals surface area (Å²) in [6.45, 7) is 2.05. The molecule has 0 radical (unpaired) electrons. The van der Waals surface area contributed by atoms with Crippen LogP contribution in [0.1, 0.15) is 5.01 Å². The molecule has 1 aromatic carbocycles. The molecule has 1 N–H and O–H groups in total. The fourth-order valence-electron chi connectivity index (χ4n) is 1.72. The van der Waals surface area contributed by atoms with Gasteiger partial charge < -0.3 is 5.32 Å². The van der Waals surface area contributed by atoms with Crippen LogP contribution in [-0.2, 0) is 11.3 Å². The summed E-state index contributed by atoms with van der Waals surface area (Å²) >= 11 is 1.60. The van der Waals surface area contributed by atoms with Crippen molar-refractivity contribution in [1.29, 1.82) is 0 Å². The molecule has 1 amide bonds. The van der Waals surface area contributed by atoms with Crippen molar-refractivity contribution < 1.29 is 4.79 Å². The Morgan fingerprint density at radius 1 is 1.47 bits per heavy atom. The molecule has 96 valence electrons. The second-order valence-electron chi connectivity index (χ2n) is 3.97. The Labute approximate surface area is 112 Å². The van der Waals surface area contributed by atoms with Gasteiger partial charge in [0.05, 0.1) is 15.2 Å². The largest absolute Gasteiger partial charge is 0.324 e. The van der Waals surface area contributed by atoms with Crippen LogP contribution in [0.3, 0.4) is 0 Å². The molecule has 3 rings (SSSR count). The number of hydrogen-bond acceptors (Lipinski definition) is 6. The van der Waals surface area contributed by atoms with Gasteiger partial charge in [0.25, 0.3) is 0 Å². The second-order valence-corrected chi connectivity index (χ2v) is 5.21. The molecule has 3 aromatic rings. The number of rotatable bonds is 3. The molecule has 2 heterocycles. The summed E-state index contributed by atoms with van der Waals surface area (Å²) in [5.74, 6) is -0.173. The lowest BCUT2D eigenvalue weighted by Gasteiger charge is -2.04. The quantitative estimate of drug-likeness (QED) is 0.776. The first-order chi connectivity index (χ1) is 9.20. The van der Waals surface area contributed by atoms with Crippen molar-refractivity contribution in [2.24, 2.45) is 0 Å². The zero-order valence-corrected chi connectivity index (χ0v) is 10.9. The predicted octanol–water partition coefficient (Wildman–Crippen LogP) is 1.23. The summed E-state index contributed by atoms with van der Waals surface area (Å²) in [4.78, 5) is 16.2. The third kappa shape index (κ3) is 2.58. The van der Waals surface area contributed by atoms with Crippen LogP contribution in [0.4, 0.5) is 5.69 Å². The third-order valence-corrected chi connectivity index (χ3v) is 3.41. The van der Waals surface area contributed by atoms with E-state index in [2.05, 4.69) is 25.8 Å². The molecule has 0 bridgehead atoms. The Balaban J connectivity index is 1.75. The second kappa shape index (κ2) is 4.73. The Hall–Kier alpha value is -2.35. The first-order valence-corrected chi connectivity index (χ1v) is 6.40. The molecule has 0 aliphatic heterocycles. The van der Waals surface area contributed by atoms with Gasteiger partial charge in [0.15, 0.2) is 0 Å². The molecular formula is C11H10N6OS. The average molecular weight is 274 g/mol. The van der Waals surface area contributed by atoms with Crippen LogP contribution in [0, 0.1) is 6.92 Å². The fourth-order valence-corrected chi connectivity index (χ4v) is 2.58. The first kappa shape index (κ1) is 11.7. The van der Waals surface area contributed by atoms with Crippen molar-refractivity contribution in [3.8, 4) is 0 Å². The van der Waals surface area contributed by atoms with Crippen molar-refractivity contribution in [3.63, 3.8) is 0 Å². The minimum absolute atomic E-state index is 0.0900. The summed E-state index contributed by atoms with van der Waals surface area (Å²) in [7, 11) is 0. The van der Waals surface area contributed by atoms with E-state index in [1.54, 1.807) is 11.3 Å². The van der Waals surface area contributed by atoms with Crippen molar-refractivity contribution >= 4 is 33.1 Å². The van der Waals surface area contributed by atoms with Crippen LogP contribution in [0.15, 0.2) is 24.5 Å². The summed E-state index contributed by atoms with van der Waals surface area (Å²) in [5.41, 5.74) is 1.69. The number of benzene rings is 1. The molecule has 0 unspecified atom stereocenters. The van der Waals surface area contributed by atoms with Gasteiger partial charge in [0, 0.05) is 5.69 Å². The first-order valence-electron chi connectivity index (χ1n) is 5.58. The number of nitrogens with zero attached hydrogens (tertiary/aromatic N) is 5.